The van der Waals surface area contributed by atoms with Crippen molar-refractivity contribution in [3.05, 3.63) is 0 Å². The SMILES string of the molecule is CCC(CCC(=O)O)COC(=O)CCCCCCO. The third-order valence-electron chi connectivity index (χ3n) is 3.11. The van der Waals surface area contributed by atoms with Crippen LogP contribution >= 0.6 is 0 Å². The van der Waals surface area contributed by atoms with Crippen molar-refractivity contribution in [2.75, 3.05) is 13.2 Å². The first kappa shape index (κ1) is 17.9. The predicted molar refractivity (Wildman–Crippen MR) is 71.8 cm³/mol. The molecule has 0 aliphatic carbocycles. The molecule has 1 atom stereocenters. The van der Waals surface area contributed by atoms with Crippen LogP contribution < -0.4 is 0 Å². The number of carboxylic acid groups (broad SMARTS) is 1. The van der Waals surface area contributed by atoms with Gasteiger partial charge >= 0.3 is 11.9 Å². The summed E-state index contributed by atoms with van der Waals surface area (Å²) >= 11 is 0. The Bertz CT molecular complexity index is 252. The lowest BCUT2D eigenvalue weighted by molar-refractivity contribution is -0.145. The van der Waals surface area contributed by atoms with Gasteiger partial charge in [-0.3, -0.25) is 9.59 Å². The quantitative estimate of drug-likeness (QED) is 0.421. The zero-order chi connectivity index (χ0) is 14.5. The molecule has 0 saturated carbocycles. The number of aliphatic carboxylic acids is 1. The van der Waals surface area contributed by atoms with Gasteiger partial charge < -0.3 is 14.9 Å². The number of hydrogen-bond donors (Lipinski definition) is 2. The van der Waals surface area contributed by atoms with Gasteiger partial charge in [0, 0.05) is 19.4 Å². The molecule has 0 saturated heterocycles. The van der Waals surface area contributed by atoms with E-state index in [1.165, 1.54) is 0 Å². The number of rotatable bonds is 12. The van der Waals surface area contributed by atoms with Crippen LogP contribution in [0.1, 0.15) is 58.3 Å². The summed E-state index contributed by atoms with van der Waals surface area (Å²) in [7, 11) is 0. The van der Waals surface area contributed by atoms with Crippen molar-refractivity contribution in [1.29, 1.82) is 0 Å². The number of carboxylic acids is 1. The van der Waals surface area contributed by atoms with Gasteiger partial charge in [-0.25, -0.2) is 0 Å². The summed E-state index contributed by atoms with van der Waals surface area (Å²) in [6.45, 7) is 2.49. The van der Waals surface area contributed by atoms with E-state index in [2.05, 4.69) is 0 Å². The fourth-order valence-electron chi connectivity index (χ4n) is 1.75. The zero-order valence-electron chi connectivity index (χ0n) is 11.8. The first-order valence-electron chi connectivity index (χ1n) is 7.08. The monoisotopic (exact) mass is 274 g/mol. The maximum absolute atomic E-state index is 11.4. The van der Waals surface area contributed by atoms with E-state index >= 15 is 0 Å². The van der Waals surface area contributed by atoms with Gasteiger partial charge in [-0.2, -0.15) is 0 Å². The Morgan fingerprint density at radius 2 is 1.79 bits per heavy atom. The van der Waals surface area contributed by atoms with Crippen LogP contribution in [0.4, 0.5) is 0 Å². The lowest BCUT2D eigenvalue weighted by Crippen LogP contribution is -2.14. The fourth-order valence-corrected chi connectivity index (χ4v) is 1.75. The second-order valence-electron chi connectivity index (χ2n) is 4.78. The molecule has 0 aromatic carbocycles. The third kappa shape index (κ3) is 11.7. The third-order valence-corrected chi connectivity index (χ3v) is 3.11. The average Bonchev–Trinajstić information content (AvgIpc) is 2.38. The van der Waals surface area contributed by atoms with Gasteiger partial charge in [-0.15, -0.1) is 0 Å². The molecule has 19 heavy (non-hydrogen) atoms. The summed E-state index contributed by atoms with van der Waals surface area (Å²) in [4.78, 5) is 21.9. The second-order valence-corrected chi connectivity index (χ2v) is 4.78. The standard InChI is InChI=1S/C14H26O5/c1-2-12(8-9-13(16)17)11-19-14(18)7-5-3-4-6-10-15/h12,15H,2-11H2,1H3,(H,16,17). The first-order valence-corrected chi connectivity index (χ1v) is 7.08. The molecule has 1 unspecified atom stereocenters. The molecule has 0 bridgehead atoms. The van der Waals surface area contributed by atoms with Crippen LogP contribution in [0.3, 0.4) is 0 Å². The second kappa shape index (κ2) is 12.0. The largest absolute Gasteiger partial charge is 0.481 e. The van der Waals surface area contributed by atoms with Crippen molar-refractivity contribution >= 4 is 11.9 Å². The van der Waals surface area contributed by atoms with Crippen LogP contribution in [0.25, 0.3) is 0 Å². The van der Waals surface area contributed by atoms with Gasteiger partial charge in [-0.05, 0) is 25.2 Å². The number of ether oxygens (including phenoxy) is 1. The van der Waals surface area contributed by atoms with E-state index in [4.69, 9.17) is 14.9 Å². The molecule has 2 N–H and O–H groups in total. The highest BCUT2D eigenvalue weighted by Gasteiger charge is 2.11. The summed E-state index contributed by atoms with van der Waals surface area (Å²) in [6.07, 6.45) is 5.31. The minimum Gasteiger partial charge on any atom is -0.481 e. The molecule has 0 amide bonds. The van der Waals surface area contributed by atoms with E-state index in [9.17, 15) is 9.59 Å². The maximum Gasteiger partial charge on any atom is 0.305 e. The molecule has 0 fully saturated rings. The number of aliphatic hydroxyl groups is 1. The number of aliphatic hydroxyl groups excluding tert-OH is 1. The number of carbonyl (C=O) groups is 2. The Morgan fingerprint density at radius 1 is 1.11 bits per heavy atom. The molecule has 0 radical (unpaired) electrons. The van der Waals surface area contributed by atoms with Gasteiger partial charge in [0.25, 0.3) is 0 Å². The molecule has 0 spiro atoms. The van der Waals surface area contributed by atoms with Crippen molar-refractivity contribution in [1.82, 2.24) is 0 Å². The van der Waals surface area contributed by atoms with E-state index in [1.54, 1.807) is 0 Å². The van der Waals surface area contributed by atoms with Crippen LogP contribution in [0.2, 0.25) is 0 Å². The van der Waals surface area contributed by atoms with Gasteiger partial charge in [0.1, 0.15) is 0 Å². The lowest BCUT2D eigenvalue weighted by Gasteiger charge is -2.13. The van der Waals surface area contributed by atoms with Crippen LogP contribution in [0, 0.1) is 5.92 Å². The average molecular weight is 274 g/mol. The van der Waals surface area contributed by atoms with E-state index in [1.807, 2.05) is 6.92 Å². The van der Waals surface area contributed by atoms with Gasteiger partial charge in [0.15, 0.2) is 0 Å². The number of unbranched alkanes of at least 4 members (excludes halogenated alkanes) is 3. The Labute approximate surface area is 115 Å². The molecule has 5 heteroatoms. The molecule has 0 aliphatic rings. The highest BCUT2D eigenvalue weighted by Crippen LogP contribution is 2.12. The van der Waals surface area contributed by atoms with Gasteiger partial charge in [0.05, 0.1) is 6.61 Å². The van der Waals surface area contributed by atoms with Gasteiger partial charge in [0.2, 0.25) is 0 Å². The van der Waals surface area contributed by atoms with Crippen molar-refractivity contribution in [2.24, 2.45) is 5.92 Å². The zero-order valence-corrected chi connectivity index (χ0v) is 11.8. The minimum atomic E-state index is -0.811. The van der Waals surface area contributed by atoms with E-state index < -0.39 is 5.97 Å². The normalized spacial score (nSPS) is 12.1. The summed E-state index contributed by atoms with van der Waals surface area (Å²) in [5, 5.41) is 17.2. The van der Waals surface area contributed by atoms with Crippen LogP contribution in [0.15, 0.2) is 0 Å². The molecule has 0 aliphatic heterocycles. The number of carbonyl (C=O) groups excluding carboxylic acids is 1. The molecular weight excluding hydrogens is 248 g/mol. The Hall–Kier alpha value is -1.10. The predicted octanol–water partition coefficient (Wildman–Crippen LogP) is 2.36. The van der Waals surface area contributed by atoms with Crippen LogP contribution in [-0.4, -0.2) is 35.4 Å². The molecule has 0 heterocycles. The van der Waals surface area contributed by atoms with Crippen LogP contribution in [-0.2, 0) is 14.3 Å². The molecule has 0 aromatic heterocycles. The Morgan fingerprint density at radius 3 is 2.37 bits per heavy atom. The smallest absolute Gasteiger partial charge is 0.305 e. The molecular formula is C14H26O5. The van der Waals surface area contributed by atoms with Crippen molar-refractivity contribution in [2.45, 2.75) is 58.3 Å². The molecule has 0 rings (SSSR count). The fraction of sp³-hybridized carbons (Fsp3) is 0.857. The van der Waals surface area contributed by atoms with Gasteiger partial charge in [-0.1, -0.05) is 26.2 Å². The molecule has 0 aromatic rings. The number of esters is 1. The summed E-state index contributed by atoms with van der Waals surface area (Å²) in [5.74, 6) is -0.888. The van der Waals surface area contributed by atoms with Crippen molar-refractivity contribution < 1.29 is 24.5 Å². The number of hydrogen-bond acceptors (Lipinski definition) is 4. The van der Waals surface area contributed by atoms with E-state index in [-0.39, 0.29) is 24.9 Å². The molecule has 5 nitrogen and oxygen atoms in total. The first-order chi connectivity index (χ1) is 9.10. The Balaban J connectivity index is 3.60. The van der Waals surface area contributed by atoms with E-state index in [0.29, 0.717) is 19.4 Å². The molecule has 112 valence electrons. The summed E-state index contributed by atoms with van der Waals surface area (Å²) in [6, 6.07) is 0. The topological polar surface area (TPSA) is 83.8 Å². The minimum absolute atomic E-state index is 0.122. The Kier molecular flexibility index (Phi) is 11.3. The van der Waals surface area contributed by atoms with Crippen LogP contribution in [0.5, 0.6) is 0 Å². The highest BCUT2D eigenvalue weighted by molar-refractivity contribution is 5.69. The highest BCUT2D eigenvalue weighted by atomic mass is 16.5. The van der Waals surface area contributed by atoms with E-state index in [0.717, 1.165) is 32.1 Å². The van der Waals surface area contributed by atoms with Crippen molar-refractivity contribution in [3.8, 4) is 0 Å². The van der Waals surface area contributed by atoms with Crippen molar-refractivity contribution in [3.63, 3.8) is 0 Å². The maximum atomic E-state index is 11.4. The lowest BCUT2D eigenvalue weighted by atomic mass is 10.0. The summed E-state index contributed by atoms with van der Waals surface area (Å²) in [5.41, 5.74) is 0. The summed E-state index contributed by atoms with van der Waals surface area (Å²) < 4.78 is 5.15.